The van der Waals surface area contributed by atoms with Crippen LogP contribution in [0.1, 0.15) is 71.5 Å². The summed E-state index contributed by atoms with van der Waals surface area (Å²) in [6, 6.07) is 11.7. The van der Waals surface area contributed by atoms with Crippen LogP contribution in [-0.4, -0.2) is 34.7 Å². The quantitative estimate of drug-likeness (QED) is 0.514. The van der Waals surface area contributed by atoms with Crippen LogP contribution in [0.3, 0.4) is 0 Å². The van der Waals surface area contributed by atoms with Crippen LogP contribution in [-0.2, 0) is 11.2 Å². The van der Waals surface area contributed by atoms with Crippen LogP contribution < -0.4 is 0 Å². The average Bonchev–Trinajstić information content (AvgIpc) is 3.54. The zero-order valence-corrected chi connectivity index (χ0v) is 19.1. The Balaban J connectivity index is 1.30. The zero-order chi connectivity index (χ0) is 23.7. The first-order chi connectivity index (χ1) is 16.5. The van der Waals surface area contributed by atoms with E-state index in [1.807, 2.05) is 30.5 Å². The molecule has 1 saturated heterocycles. The molecule has 2 fully saturated rings. The van der Waals surface area contributed by atoms with Gasteiger partial charge in [-0.15, -0.1) is 0 Å². The van der Waals surface area contributed by atoms with E-state index in [4.69, 9.17) is 5.26 Å². The van der Waals surface area contributed by atoms with Crippen LogP contribution in [0.15, 0.2) is 42.6 Å². The van der Waals surface area contributed by atoms with Crippen molar-refractivity contribution in [1.29, 1.82) is 5.26 Å². The van der Waals surface area contributed by atoms with Gasteiger partial charge in [-0.25, -0.2) is 4.39 Å². The molecule has 5 rings (SSSR count). The summed E-state index contributed by atoms with van der Waals surface area (Å²) >= 11 is 0. The van der Waals surface area contributed by atoms with Crippen molar-refractivity contribution in [3.8, 4) is 6.07 Å². The van der Waals surface area contributed by atoms with E-state index >= 15 is 0 Å². The van der Waals surface area contributed by atoms with E-state index in [9.17, 15) is 14.0 Å². The third-order valence-corrected chi connectivity index (χ3v) is 7.49. The third-order valence-electron chi connectivity index (χ3n) is 7.49. The number of piperidine rings is 1. The lowest BCUT2D eigenvalue weighted by atomic mass is 9.88. The molecular weight excluding hydrogens is 429 g/mol. The highest BCUT2D eigenvalue weighted by Crippen LogP contribution is 2.35. The first-order valence-corrected chi connectivity index (χ1v) is 12.1. The van der Waals surface area contributed by atoms with E-state index < -0.39 is 5.82 Å². The standard InChI is InChI=1S/C28H28FN3O2/c29-25-7-5-19(16-30)14-23(25)27(33)15-18-6-8-26-22(13-18)24(17-31-26)20-9-11-32(12-10-20)28(34)21-3-1-2-4-21/h5-8,13-14,17,20-21,31H,1-4,9-12,15H2. The molecule has 1 aliphatic carbocycles. The molecule has 2 aliphatic rings. The minimum absolute atomic E-state index is 0.0484. The molecule has 1 aromatic heterocycles. The Kier molecular flexibility index (Phi) is 6.19. The van der Waals surface area contributed by atoms with Crippen molar-refractivity contribution in [2.75, 3.05) is 13.1 Å². The maximum Gasteiger partial charge on any atom is 0.225 e. The van der Waals surface area contributed by atoms with Gasteiger partial charge < -0.3 is 9.88 Å². The van der Waals surface area contributed by atoms with E-state index in [1.54, 1.807) is 0 Å². The van der Waals surface area contributed by atoms with E-state index in [2.05, 4.69) is 9.88 Å². The van der Waals surface area contributed by atoms with Crippen molar-refractivity contribution in [1.82, 2.24) is 9.88 Å². The first-order valence-electron chi connectivity index (χ1n) is 12.1. The highest BCUT2D eigenvalue weighted by molar-refractivity contribution is 5.98. The summed E-state index contributed by atoms with van der Waals surface area (Å²) in [6.45, 7) is 1.58. The number of H-pyrrole nitrogens is 1. The molecule has 1 saturated carbocycles. The number of benzene rings is 2. The van der Waals surface area contributed by atoms with Gasteiger partial charge in [0.25, 0.3) is 0 Å². The Hall–Kier alpha value is -3.46. The topological polar surface area (TPSA) is 77.0 Å². The summed E-state index contributed by atoms with van der Waals surface area (Å²) in [4.78, 5) is 30.9. The van der Waals surface area contributed by atoms with Gasteiger partial charge in [0.2, 0.25) is 5.91 Å². The van der Waals surface area contributed by atoms with Gasteiger partial charge in [-0.2, -0.15) is 5.26 Å². The second kappa shape index (κ2) is 9.42. The highest BCUT2D eigenvalue weighted by atomic mass is 19.1. The van der Waals surface area contributed by atoms with E-state index in [-0.39, 0.29) is 29.2 Å². The maximum atomic E-state index is 14.2. The molecule has 34 heavy (non-hydrogen) atoms. The molecule has 1 N–H and O–H groups in total. The number of nitriles is 1. The molecule has 0 spiro atoms. The highest BCUT2D eigenvalue weighted by Gasteiger charge is 2.31. The zero-order valence-electron chi connectivity index (χ0n) is 19.1. The van der Waals surface area contributed by atoms with Crippen LogP contribution in [0.2, 0.25) is 0 Å². The van der Waals surface area contributed by atoms with Gasteiger partial charge in [0.15, 0.2) is 5.78 Å². The number of aromatic amines is 1. The normalized spacial score (nSPS) is 17.2. The molecule has 5 nitrogen and oxygen atoms in total. The second-order valence-corrected chi connectivity index (χ2v) is 9.61. The summed E-state index contributed by atoms with van der Waals surface area (Å²) in [5.74, 6) is -0.0278. The Bertz CT molecular complexity index is 1270. The minimum Gasteiger partial charge on any atom is -0.361 e. The molecule has 0 atom stereocenters. The third kappa shape index (κ3) is 4.35. The molecule has 0 unspecified atom stereocenters. The number of Topliss-reactive ketones (excluding diaryl/α,β-unsaturated/α-hetero) is 1. The molecule has 174 valence electrons. The number of ketones is 1. The molecular formula is C28H28FN3O2. The monoisotopic (exact) mass is 457 g/mol. The van der Waals surface area contributed by atoms with Crippen molar-refractivity contribution in [3.63, 3.8) is 0 Å². The van der Waals surface area contributed by atoms with Gasteiger partial charge in [-0.3, -0.25) is 9.59 Å². The molecule has 2 aromatic carbocycles. The van der Waals surface area contributed by atoms with Gasteiger partial charge in [-0.05, 0) is 73.1 Å². The number of fused-ring (bicyclic) bond motifs is 1. The number of nitrogens with zero attached hydrogens (tertiary/aromatic N) is 2. The second-order valence-electron chi connectivity index (χ2n) is 9.61. The summed E-state index contributed by atoms with van der Waals surface area (Å²) < 4.78 is 14.2. The van der Waals surface area contributed by atoms with Crippen molar-refractivity contribution < 1.29 is 14.0 Å². The van der Waals surface area contributed by atoms with Gasteiger partial charge >= 0.3 is 0 Å². The fourth-order valence-corrected chi connectivity index (χ4v) is 5.57. The lowest BCUT2D eigenvalue weighted by Gasteiger charge is -2.33. The van der Waals surface area contributed by atoms with E-state index in [0.717, 1.165) is 55.2 Å². The Morgan fingerprint density at radius 2 is 1.82 bits per heavy atom. The van der Waals surface area contributed by atoms with Crippen LogP contribution in [0, 0.1) is 23.1 Å². The largest absolute Gasteiger partial charge is 0.361 e. The van der Waals surface area contributed by atoms with E-state index in [0.29, 0.717) is 11.8 Å². The molecule has 0 radical (unpaired) electrons. The number of hydrogen-bond acceptors (Lipinski definition) is 3. The molecule has 6 heteroatoms. The number of likely N-dealkylation sites (tertiary alicyclic amines) is 1. The minimum atomic E-state index is -0.605. The fraction of sp³-hybridized carbons (Fsp3) is 0.393. The lowest BCUT2D eigenvalue weighted by molar-refractivity contribution is -0.136. The van der Waals surface area contributed by atoms with E-state index in [1.165, 1.54) is 36.6 Å². The molecule has 0 bridgehead atoms. The van der Waals surface area contributed by atoms with Gasteiger partial charge in [0.1, 0.15) is 5.82 Å². The number of aromatic nitrogens is 1. The summed E-state index contributed by atoms with van der Waals surface area (Å²) in [7, 11) is 0. The number of carbonyl (C=O) groups excluding carboxylic acids is 2. The average molecular weight is 458 g/mol. The smallest absolute Gasteiger partial charge is 0.225 e. The van der Waals surface area contributed by atoms with Crippen molar-refractivity contribution in [3.05, 3.63) is 70.7 Å². The first kappa shape index (κ1) is 22.3. The van der Waals surface area contributed by atoms with Gasteiger partial charge in [0, 0.05) is 42.5 Å². The summed E-state index contributed by atoms with van der Waals surface area (Å²) in [5, 5.41) is 10.1. The van der Waals surface area contributed by atoms with Gasteiger partial charge in [-0.1, -0.05) is 18.9 Å². The lowest BCUT2D eigenvalue weighted by Crippen LogP contribution is -2.40. The number of hydrogen-bond donors (Lipinski definition) is 1. The number of nitrogens with one attached hydrogen (secondary N) is 1. The summed E-state index contributed by atoms with van der Waals surface area (Å²) in [6.07, 6.45) is 8.39. The van der Waals surface area contributed by atoms with Crippen LogP contribution >= 0.6 is 0 Å². The SMILES string of the molecule is N#Cc1ccc(F)c(C(=O)Cc2ccc3[nH]cc(C4CCN(C(=O)C5CCCC5)CC4)c3c2)c1. The predicted octanol–water partition coefficient (Wildman–Crippen LogP) is 5.50. The van der Waals surface area contributed by atoms with Crippen LogP contribution in [0.25, 0.3) is 10.9 Å². The number of rotatable bonds is 5. The van der Waals surface area contributed by atoms with Crippen LogP contribution in [0.5, 0.6) is 0 Å². The van der Waals surface area contributed by atoms with Crippen molar-refractivity contribution in [2.24, 2.45) is 5.92 Å². The molecule has 1 amide bonds. The maximum absolute atomic E-state index is 14.2. The predicted molar refractivity (Wildman–Crippen MR) is 128 cm³/mol. The summed E-state index contributed by atoms with van der Waals surface area (Å²) in [5.41, 5.74) is 3.26. The molecule has 2 heterocycles. The van der Waals surface area contributed by atoms with Crippen molar-refractivity contribution >= 4 is 22.6 Å². The fourth-order valence-electron chi connectivity index (χ4n) is 5.57. The van der Waals surface area contributed by atoms with Crippen molar-refractivity contribution in [2.45, 2.75) is 50.9 Å². The Morgan fingerprint density at radius 3 is 2.56 bits per heavy atom. The molecule has 3 aromatic rings. The Morgan fingerprint density at radius 1 is 1.06 bits per heavy atom. The van der Waals surface area contributed by atoms with Gasteiger partial charge in [0.05, 0.1) is 17.2 Å². The van der Waals surface area contributed by atoms with Crippen LogP contribution in [0.4, 0.5) is 4.39 Å². The molecule has 1 aliphatic heterocycles. The number of carbonyl (C=O) groups is 2. The number of amides is 1. The number of halogens is 1. The Labute approximate surface area is 198 Å².